The lowest BCUT2D eigenvalue weighted by molar-refractivity contribution is -0.123. The second-order valence-electron chi connectivity index (χ2n) is 4.85. The molecule has 1 aliphatic heterocycles. The Balaban J connectivity index is 0.00000200. The van der Waals surface area contributed by atoms with E-state index in [4.69, 9.17) is 0 Å². The SMILES string of the molecule is CC1(C(=O)Nc2cccc(OC(F)F)c2)CCNC1.Cl. The second-order valence-corrected chi connectivity index (χ2v) is 4.85. The van der Waals surface area contributed by atoms with Crippen LogP contribution in [0.15, 0.2) is 24.3 Å². The number of anilines is 1. The quantitative estimate of drug-likeness (QED) is 0.899. The molecule has 1 unspecified atom stereocenters. The van der Waals surface area contributed by atoms with E-state index in [9.17, 15) is 13.6 Å². The predicted molar refractivity (Wildman–Crippen MR) is 74.5 cm³/mol. The van der Waals surface area contributed by atoms with Crippen LogP contribution in [0.5, 0.6) is 5.75 Å². The Labute approximate surface area is 122 Å². The molecule has 112 valence electrons. The lowest BCUT2D eigenvalue weighted by Gasteiger charge is -2.21. The molecule has 7 heteroatoms. The Morgan fingerprint density at radius 1 is 1.50 bits per heavy atom. The van der Waals surface area contributed by atoms with Crippen LogP contribution in [0, 0.1) is 5.41 Å². The average molecular weight is 307 g/mol. The normalized spacial score (nSPS) is 21.4. The van der Waals surface area contributed by atoms with Crippen LogP contribution in [0.25, 0.3) is 0 Å². The van der Waals surface area contributed by atoms with Crippen molar-refractivity contribution in [3.63, 3.8) is 0 Å². The van der Waals surface area contributed by atoms with Crippen LogP contribution in [0.1, 0.15) is 13.3 Å². The van der Waals surface area contributed by atoms with Crippen molar-refractivity contribution >= 4 is 24.0 Å². The van der Waals surface area contributed by atoms with Gasteiger partial charge in [-0.15, -0.1) is 12.4 Å². The smallest absolute Gasteiger partial charge is 0.387 e. The molecule has 0 aromatic heterocycles. The van der Waals surface area contributed by atoms with Crippen LogP contribution in [0.3, 0.4) is 0 Å². The highest BCUT2D eigenvalue weighted by atomic mass is 35.5. The van der Waals surface area contributed by atoms with Crippen molar-refractivity contribution in [2.24, 2.45) is 5.41 Å². The molecule has 0 saturated carbocycles. The van der Waals surface area contributed by atoms with Crippen molar-refractivity contribution in [1.82, 2.24) is 5.32 Å². The third-order valence-electron chi connectivity index (χ3n) is 3.23. The number of hydrogen-bond donors (Lipinski definition) is 2. The third kappa shape index (κ3) is 4.05. The maximum atomic E-state index is 12.1. The summed E-state index contributed by atoms with van der Waals surface area (Å²) in [6.45, 7) is 0.425. The lowest BCUT2D eigenvalue weighted by atomic mass is 9.89. The van der Waals surface area contributed by atoms with E-state index in [-0.39, 0.29) is 24.1 Å². The van der Waals surface area contributed by atoms with Crippen molar-refractivity contribution in [2.75, 3.05) is 18.4 Å². The molecule has 0 aliphatic carbocycles. The van der Waals surface area contributed by atoms with Crippen molar-refractivity contribution in [3.8, 4) is 5.75 Å². The average Bonchev–Trinajstić information content (AvgIpc) is 2.77. The Morgan fingerprint density at radius 2 is 2.25 bits per heavy atom. The van der Waals surface area contributed by atoms with E-state index in [0.717, 1.165) is 13.0 Å². The molecular weight excluding hydrogens is 290 g/mol. The van der Waals surface area contributed by atoms with E-state index in [0.29, 0.717) is 12.2 Å². The molecule has 1 atom stereocenters. The van der Waals surface area contributed by atoms with Gasteiger partial charge in [-0.2, -0.15) is 8.78 Å². The zero-order valence-electron chi connectivity index (χ0n) is 11.0. The van der Waals surface area contributed by atoms with Crippen LogP contribution in [0.2, 0.25) is 0 Å². The van der Waals surface area contributed by atoms with Crippen LogP contribution >= 0.6 is 12.4 Å². The van der Waals surface area contributed by atoms with Gasteiger partial charge in [-0.1, -0.05) is 6.07 Å². The first-order valence-electron chi connectivity index (χ1n) is 6.07. The van der Waals surface area contributed by atoms with Crippen molar-refractivity contribution in [1.29, 1.82) is 0 Å². The molecule has 2 rings (SSSR count). The number of alkyl halides is 2. The van der Waals surface area contributed by atoms with E-state index < -0.39 is 12.0 Å². The summed E-state index contributed by atoms with van der Waals surface area (Å²) < 4.78 is 28.5. The zero-order chi connectivity index (χ0) is 13.9. The third-order valence-corrected chi connectivity index (χ3v) is 3.23. The van der Waals surface area contributed by atoms with Crippen LogP contribution in [0.4, 0.5) is 14.5 Å². The first kappa shape index (κ1) is 16.7. The predicted octanol–water partition coefficient (Wildman–Crippen LogP) is 2.65. The van der Waals surface area contributed by atoms with Gasteiger partial charge in [-0.25, -0.2) is 0 Å². The molecule has 0 bridgehead atoms. The minimum absolute atomic E-state index is 0. The van der Waals surface area contributed by atoms with Crippen LogP contribution in [-0.4, -0.2) is 25.6 Å². The summed E-state index contributed by atoms with van der Waals surface area (Å²) in [4.78, 5) is 12.1. The van der Waals surface area contributed by atoms with E-state index >= 15 is 0 Å². The number of halogens is 3. The highest BCUT2D eigenvalue weighted by molar-refractivity contribution is 5.95. The molecule has 1 aromatic carbocycles. The van der Waals surface area contributed by atoms with Gasteiger partial charge in [0.25, 0.3) is 0 Å². The van der Waals surface area contributed by atoms with E-state index in [2.05, 4.69) is 15.4 Å². The van der Waals surface area contributed by atoms with Gasteiger partial charge in [0.15, 0.2) is 0 Å². The molecule has 1 saturated heterocycles. The van der Waals surface area contributed by atoms with Gasteiger partial charge in [0.2, 0.25) is 5.91 Å². The fraction of sp³-hybridized carbons (Fsp3) is 0.462. The summed E-state index contributed by atoms with van der Waals surface area (Å²) in [7, 11) is 0. The molecule has 20 heavy (non-hydrogen) atoms. The fourth-order valence-corrected chi connectivity index (χ4v) is 2.04. The molecule has 0 radical (unpaired) electrons. The maximum absolute atomic E-state index is 12.1. The molecule has 1 aromatic rings. The van der Waals surface area contributed by atoms with Gasteiger partial charge in [0.1, 0.15) is 5.75 Å². The first-order chi connectivity index (χ1) is 8.99. The molecule has 1 heterocycles. The van der Waals surface area contributed by atoms with Crippen molar-refractivity contribution < 1.29 is 18.3 Å². The van der Waals surface area contributed by atoms with Gasteiger partial charge in [-0.3, -0.25) is 4.79 Å². The Morgan fingerprint density at radius 3 is 2.85 bits per heavy atom. The van der Waals surface area contributed by atoms with Crippen molar-refractivity contribution in [3.05, 3.63) is 24.3 Å². The number of carbonyl (C=O) groups is 1. The molecule has 0 spiro atoms. The topological polar surface area (TPSA) is 50.4 Å². The minimum atomic E-state index is -2.87. The maximum Gasteiger partial charge on any atom is 0.387 e. The van der Waals surface area contributed by atoms with Gasteiger partial charge >= 0.3 is 6.61 Å². The van der Waals surface area contributed by atoms with Gasteiger partial charge in [-0.05, 0) is 32.0 Å². The number of hydrogen-bond acceptors (Lipinski definition) is 3. The molecular formula is C13H17ClF2N2O2. The summed E-state index contributed by atoms with van der Waals surface area (Å²) in [5.41, 5.74) is -0.00387. The number of amides is 1. The molecule has 1 amide bonds. The summed E-state index contributed by atoms with van der Waals surface area (Å²) in [5.74, 6) is -0.0887. The molecule has 1 fully saturated rings. The summed E-state index contributed by atoms with van der Waals surface area (Å²) >= 11 is 0. The number of rotatable bonds is 4. The van der Waals surface area contributed by atoms with Gasteiger partial charge < -0.3 is 15.4 Å². The number of ether oxygens (including phenoxy) is 1. The second kappa shape index (κ2) is 6.85. The van der Waals surface area contributed by atoms with Gasteiger partial charge in [0, 0.05) is 18.3 Å². The number of carbonyl (C=O) groups excluding carboxylic acids is 1. The fourth-order valence-electron chi connectivity index (χ4n) is 2.04. The van der Waals surface area contributed by atoms with E-state index in [1.54, 1.807) is 12.1 Å². The highest BCUT2D eigenvalue weighted by Crippen LogP contribution is 2.27. The summed E-state index contributed by atoms with van der Waals surface area (Å²) in [6, 6.07) is 6.00. The monoisotopic (exact) mass is 306 g/mol. The van der Waals surface area contributed by atoms with E-state index in [1.165, 1.54) is 12.1 Å². The molecule has 4 nitrogen and oxygen atoms in total. The Bertz CT molecular complexity index is 465. The Hall–Kier alpha value is -1.40. The molecule has 2 N–H and O–H groups in total. The number of benzene rings is 1. The minimum Gasteiger partial charge on any atom is -0.435 e. The molecule has 1 aliphatic rings. The van der Waals surface area contributed by atoms with Crippen molar-refractivity contribution in [2.45, 2.75) is 20.0 Å². The zero-order valence-corrected chi connectivity index (χ0v) is 11.8. The van der Waals surface area contributed by atoms with Crippen LogP contribution in [-0.2, 0) is 4.79 Å². The summed E-state index contributed by atoms with van der Waals surface area (Å²) in [5, 5.41) is 5.87. The lowest BCUT2D eigenvalue weighted by Crippen LogP contribution is -2.35. The Kier molecular flexibility index (Phi) is 5.71. The number of nitrogens with one attached hydrogen (secondary N) is 2. The first-order valence-corrected chi connectivity index (χ1v) is 6.07. The van der Waals surface area contributed by atoms with Gasteiger partial charge in [0.05, 0.1) is 5.41 Å². The summed E-state index contributed by atoms with van der Waals surface area (Å²) in [6.07, 6.45) is 0.756. The largest absolute Gasteiger partial charge is 0.435 e. The van der Waals surface area contributed by atoms with Crippen LogP contribution < -0.4 is 15.4 Å². The standard InChI is InChI=1S/C13H16F2N2O2.ClH/c1-13(5-6-16-8-13)11(18)17-9-3-2-4-10(7-9)19-12(14)15;/h2-4,7,12,16H,5-6,8H2,1H3,(H,17,18);1H. The highest BCUT2D eigenvalue weighted by Gasteiger charge is 2.36. The van der Waals surface area contributed by atoms with E-state index in [1.807, 2.05) is 6.92 Å².